The number of aliphatic carboxylic acids is 1. The van der Waals surface area contributed by atoms with Crippen molar-refractivity contribution < 1.29 is 25.2 Å². The van der Waals surface area contributed by atoms with Gasteiger partial charge in [-0.25, -0.2) is 0 Å². The molecule has 5 heteroatoms. The fourth-order valence-corrected chi connectivity index (χ4v) is 1.91. The Morgan fingerprint density at radius 2 is 1.56 bits per heavy atom. The molecule has 25 heavy (non-hydrogen) atoms. The van der Waals surface area contributed by atoms with Gasteiger partial charge in [-0.3, -0.25) is 4.79 Å². The fraction of sp³-hybridized carbons (Fsp3) is 0.550. The number of carbonyl (C=O) groups is 1. The second kappa shape index (κ2) is 17.0. The molecule has 0 unspecified atom stereocenters. The van der Waals surface area contributed by atoms with Crippen LogP contribution in [0.4, 0.5) is 0 Å². The van der Waals surface area contributed by atoms with Crippen LogP contribution in [0.3, 0.4) is 0 Å². The van der Waals surface area contributed by atoms with Crippen LogP contribution in [0, 0.1) is 11.8 Å². The Morgan fingerprint density at radius 3 is 2.20 bits per heavy atom. The number of aliphatic hydroxyl groups is 3. The van der Waals surface area contributed by atoms with Gasteiger partial charge in [-0.15, -0.1) is 11.8 Å². The fourth-order valence-electron chi connectivity index (χ4n) is 1.91. The molecular weight excluding hydrogens is 320 g/mol. The van der Waals surface area contributed by atoms with Crippen molar-refractivity contribution >= 4 is 5.97 Å². The maximum atomic E-state index is 10.3. The summed E-state index contributed by atoms with van der Waals surface area (Å²) in [6.07, 6.45) is 13.7. The normalized spacial score (nSPS) is 14.0. The van der Waals surface area contributed by atoms with E-state index in [0.29, 0.717) is 19.3 Å². The minimum atomic E-state index is -0.855. The monoisotopic (exact) mass is 350 g/mol. The van der Waals surface area contributed by atoms with E-state index in [1.54, 1.807) is 36.5 Å². The molecule has 0 aromatic rings. The molecule has 0 aliphatic rings. The lowest BCUT2D eigenvalue weighted by Gasteiger charge is -2.02. The molecule has 0 heterocycles. The summed E-state index contributed by atoms with van der Waals surface area (Å²) < 4.78 is 0. The van der Waals surface area contributed by atoms with E-state index in [1.165, 1.54) is 0 Å². The molecule has 0 radical (unpaired) electrons. The average molecular weight is 350 g/mol. The molecule has 0 aromatic heterocycles. The van der Waals surface area contributed by atoms with Gasteiger partial charge in [0.25, 0.3) is 0 Å². The predicted octanol–water partition coefficient (Wildman–Crippen LogP) is 2.58. The molecule has 0 saturated carbocycles. The Labute approximate surface area is 150 Å². The smallest absolute Gasteiger partial charge is 0.303 e. The molecular formula is C20H30O5. The average Bonchev–Trinajstić information content (AvgIpc) is 2.56. The minimum Gasteiger partial charge on any atom is -0.481 e. The highest BCUT2D eigenvalue weighted by Gasteiger charge is 2.01. The largest absolute Gasteiger partial charge is 0.481 e. The molecule has 0 amide bonds. The number of carboxylic acids is 1. The first-order valence-electron chi connectivity index (χ1n) is 8.72. The Kier molecular flexibility index (Phi) is 15.7. The van der Waals surface area contributed by atoms with Crippen molar-refractivity contribution in [1.29, 1.82) is 0 Å². The van der Waals surface area contributed by atoms with E-state index in [2.05, 4.69) is 11.8 Å². The summed E-state index contributed by atoms with van der Waals surface area (Å²) >= 11 is 0. The Hall–Kier alpha value is -1.87. The van der Waals surface area contributed by atoms with Gasteiger partial charge in [0.05, 0.1) is 12.2 Å². The standard InChI is InChI=1S/C20H30O5/c21-17-10-6-2-1-3-7-12-18(22)13-8-4-5-9-14-19(23)15-11-16-20(24)25/h4-5,8-9,13-14,18-19,21-23H,1-2,6,10-12,15-17H2,(H,24,25)/b5-4+,13-8+,14-9-/t18-,19-/m1/s1. The second-order valence-electron chi connectivity index (χ2n) is 5.67. The maximum absolute atomic E-state index is 10.3. The molecule has 0 aliphatic carbocycles. The SMILES string of the molecule is O=C(O)CCC[C@H](O)\C=C/C=C/C=C/[C@H](O)CC#CCCCCCO. The van der Waals surface area contributed by atoms with Crippen molar-refractivity contribution in [2.45, 2.75) is 63.6 Å². The number of hydrogen-bond acceptors (Lipinski definition) is 4. The lowest BCUT2D eigenvalue weighted by Crippen LogP contribution is -2.03. The van der Waals surface area contributed by atoms with E-state index in [4.69, 9.17) is 10.2 Å². The van der Waals surface area contributed by atoms with E-state index in [-0.39, 0.29) is 13.0 Å². The van der Waals surface area contributed by atoms with Crippen LogP contribution in [0.5, 0.6) is 0 Å². The number of unbranched alkanes of at least 4 members (excludes halogenated alkanes) is 3. The summed E-state index contributed by atoms with van der Waals surface area (Å²) in [6, 6.07) is 0. The van der Waals surface area contributed by atoms with Crippen molar-refractivity contribution in [1.82, 2.24) is 0 Å². The van der Waals surface area contributed by atoms with Gasteiger partial charge in [0.1, 0.15) is 0 Å². The number of allylic oxidation sites excluding steroid dienone is 4. The van der Waals surface area contributed by atoms with Crippen LogP contribution < -0.4 is 0 Å². The molecule has 5 nitrogen and oxygen atoms in total. The molecule has 0 aliphatic heterocycles. The lowest BCUT2D eigenvalue weighted by atomic mass is 10.1. The number of hydrogen-bond donors (Lipinski definition) is 4. The first kappa shape index (κ1) is 23.1. The molecule has 0 spiro atoms. The van der Waals surface area contributed by atoms with E-state index in [1.807, 2.05) is 0 Å². The van der Waals surface area contributed by atoms with Gasteiger partial charge in [-0.05, 0) is 25.7 Å². The highest BCUT2D eigenvalue weighted by molar-refractivity contribution is 5.66. The third kappa shape index (κ3) is 18.3. The van der Waals surface area contributed by atoms with Crippen molar-refractivity contribution in [3.63, 3.8) is 0 Å². The number of carboxylic acid groups (broad SMARTS) is 1. The summed E-state index contributed by atoms with van der Waals surface area (Å²) in [5.74, 6) is 5.08. The zero-order valence-corrected chi connectivity index (χ0v) is 14.7. The van der Waals surface area contributed by atoms with Crippen LogP contribution in [0.15, 0.2) is 36.5 Å². The topological polar surface area (TPSA) is 98.0 Å². The molecule has 2 atom stereocenters. The zero-order valence-electron chi connectivity index (χ0n) is 14.7. The van der Waals surface area contributed by atoms with Gasteiger partial charge in [0.15, 0.2) is 0 Å². The lowest BCUT2D eigenvalue weighted by molar-refractivity contribution is -0.137. The Bertz CT molecular complexity index is 482. The molecule has 140 valence electrons. The van der Waals surface area contributed by atoms with Crippen LogP contribution >= 0.6 is 0 Å². The van der Waals surface area contributed by atoms with Crippen LogP contribution in [0.25, 0.3) is 0 Å². The van der Waals surface area contributed by atoms with Gasteiger partial charge < -0.3 is 20.4 Å². The van der Waals surface area contributed by atoms with E-state index < -0.39 is 18.2 Å². The Balaban J connectivity index is 3.82. The van der Waals surface area contributed by atoms with Crippen molar-refractivity contribution in [3.05, 3.63) is 36.5 Å². The third-order valence-corrected chi connectivity index (χ3v) is 3.29. The number of rotatable bonds is 13. The van der Waals surface area contributed by atoms with Crippen molar-refractivity contribution in [3.8, 4) is 11.8 Å². The minimum absolute atomic E-state index is 0.0624. The summed E-state index contributed by atoms with van der Waals surface area (Å²) in [5.41, 5.74) is 0. The first-order valence-corrected chi connectivity index (χ1v) is 8.72. The Morgan fingerprint density at radius 1 is 0.880 bits per heavy atom. The van der Waals surface area contributed by atoms with Gasteiger partial charge in [0, 0.05) is 25.9 Å². The highest BCUT2D eigenvalue weighted by Crippen LogP contribution is 2.02. The van der Waals surface area contributed by atoms with Gasteiger partial charge >= 0.3 is 5.97 Å². The van der Waals surface area contributed by atoms with Crippen molar-refractivity contribution in [2.24, 2.45) is 0 Å². The van der Waals surface area contributed by atoms with Crippen LogP contribution in [0.2, 0.25) is 0 Å². The highest BCUT2D eigenvalue weighted by atomic mass is 16.4. The summed E-state index contributed by atoms with van der Waals surface area (Å²) in [4.78, 5) is 10.3. The first-order chi connectivity index (χ1) is 12.1. The van der Waals surface area contributed by atoms with Crippen LogP contribution in [0.1, 0.15) is 51.4 Å². The number of aliphatic hydroxyl groups excluding tert-OH is 3. The van der Waals surface area contributed by atoms with E-state index in [0.717, 1.165) is 25.7 Å². The van der Waals surface area contributed by atoms with Gasteiger partial charge in [-0.2, -0.15) is 0 Å². The molecule has 0 aromatic carbocycles. The van der Waals surface area contributed by atoms with Crippen LogP contribution in [-0.4, -0.2) is 45.2 Å². The second-order valence-corrected chi connectivity index (χ2v) is 5.67. The third-order valence-electron chi connectivity index (χ3n) is 3.29. The van der Waals surface area contributed by atoms with Crippen LogP contribution in [-0.2, 0) is 4.79 Å². The quantitative estimate of drug-likeness (QED) is 0.232. The van der Waals surface area contributed by atoms with Gasteiger partial charge in [-0.1, -0.05) is 42.9 Å². The zero-order chi connectivity index (χ0) is 18.8. The van der Waals surface area contributed by atoms with Gasteiger partial charge in [0.2, 0.25) is 0 Å². The summed E-state index contributed by atoms with van der Waals surface area (Å²) in [5, 5.41) is 36.5. The molecule has 0 bridgehead atoms. The molecule has 4 N–H and O–H groups in total. The van der Waals surface area contributed by atoms with E-state index >= 15 is 0 Å². The molecule has 0 saturated heterocycles. The predicted molar refractivity (Wildman–Crippen MR) is 98.9 cm³/mol. The molecule has 0 fully saturated rings. The van der Waals surface area contributed by atoms with E-state index in [9.17, 15) is 15.0 Å². The summed E-state index contributed by atoms with van der Waals surface area (Å²) in [7, 11) is 0. The molecule has 0 rings (SSSR count). The maximum Gasteiger partial charge on any atom is 0.303 e. The van der Waals surface area contributed by atoms with Crippen molar-refractivity contribution in [2.75, 3.05) is 6.61 Å². The summed E-state index contributed by atoms with van der Waals surface area (Å²) in [6.45, 7) is 0.226.